The second-order valence-electron chi connectivity index (χ2n) is 3.28. The van der Waals surface area contributed by atoms with Crippen molar-refractivity contribution in [2.45, 2.75) is 0 Å². The van der Waals surface area contributed by atoms with Gasteiger partial charge in [0.1, 0.15) is 0 Å². The molecule has 3 aromatic rings. The van der Waals surface area contributed by atoms with E-state index in [0.29, 0.717) is 0 Å². The summed E-state index contributed by atoms with van der Waals surface area (Å²) >= 11 is 1.67. The Morgan fingerprint density at radius 1 is 1.07 bits per heavy atom. The Kier molecular flexibility index (Phi) is 2.00. The van der Waals surface area contributed by atoms with Gasteiger partial charge in [0, 0.05) is 5.56 Å². The lowest BCUT2D eigenvalue weighted by Gasteiger charge is -2.00. The van der Waals surface area contributed by atoms with Crippen molar-refractivity contribution in [1.29, 1.82) is 0 Å². The lowest BCUT2D eigenvalue weighted by Crippen LogP contribution is -1.79. The molecule has 0 saturated carbocycles. The van der Waals surface area contributed by atoms with Crippen LogP contribution in [0.2, 0.25) is 0 Å². The van der Waals surface area contributed by atoms with Crippen LogP contribution in [-0.4, -0.2) is 4.98 Å². The third kappa shape index (κ3) is 1.43. The number of thiazole rings is 1. The van der Waals surface area contributed by atoms with Gasteiger partial charge in [-0.2, -0.15) is 0 Å². The molecule has 15 heavy (non-hydrogen) atoms. The number of para-hydroxylation sites is 1. The average Bonchev–Trinajstić information content (AvgIpc) is 2.78. The first-order valence-electron chi connectivity index (χ1n) is 4.74. The lowest BCUT2D eigenvalue weighted by atomic mass is 10.1. The molecule has 0 aliphatic heterocycles. The number of fused-ring (bicyclic) bond motifs is 1. The highest BCUT2D eigenvalue weighted by atomic mass is 32.1. The number of aromatic nitrogens is 1. The van der Waals surface area contributed by atoms with Crippen LogP contribution in [0, 0.1) is 6.07 Å². The topological polar surface area (TPSA) is 12.9 Å². The van der Waals surface area contributed by atoms with Crippen LogP contribution in [0.4, 0.5) is 0 Å². The fourth-order valence-corrected chi connectivity index (χ4v) is 2.37. The zero-order chi connectivity index (χ0) is 10.1. The highest BCUT2D eigenvalue weighted by Crippen LogP contribution is 2.28. The minimum atomic E-state index is 1.07. The van der Waals surface area contributed by atoms with Crippen molar-refractivity contribution in [2.75, 3.05) is 0 Å². The van der Waals surface area contributed by atoms with Crippen LogP contribution in [0.15, 0.2) is 48.0 Å². The number of hydrogen-bond acceptors (Lipinski definition) is 2. The molecule has 1 aromatic heterocycles. The highest BCUT2D eigenvalue weighted by Gasteiger charge is 2.04. The quantitative estimate of drug-likeness (QED) is 0.596. The van der Waals surface area contributed by atoms with E-state index in [-0.39, 0.29) is 0 Å². The highest BCUT2D eigenvalue weighted by molar-refractivity contribution is 7.16. The van der Waals surface area contributed by atoms with Gasteiger partial charge in [0.05, 0.1) is 15.7 Å². The van der Waals surface area contributed by atoms with Crippen molar-refractivity contribution in [2.24, 2.45) is 0 Å². The molecule has 0 amide bonds. The van der Waals surface area contributed by atoms with Crippen LogP contribution in [-0.2, 0) is 0 Å². The van der Waals surface area contributed by atoms with E-state index >= 15 is 0 Å². The number of nitrogens with zero attached hydrogens (tertiary/aromatic N) is 1. The first-order valence-corrected chi connectivity index (χ1v) is 5.62. The van der Waals surface area contributed by atoms with Gasteiger partial charge in [-0.25, -0.2) is 4.98 Å². The minimum absolute atomic E-state index is 1.07. The Bertz CT molecular complexity index is 584. The molecule has 71 valence electrons. The van der Waals surface area contributed by atoms with Gasteiger partial charge in [0.2, 0.25) is 0 Å². The van der Waals surface area contributed by atoms with Gasteiger partial charge in [-0.3, -0.25) is 0 Å². The maximum atomic E-state index is 4.39. The van der Waals surface area contributed by atoms with Crippen molar-refractivity contribution in [3.8, 4) is 11.1 Å². The van der Waals surface area contributed by atoms with E-state index in [1.54, 1.807) is 11.3 Å². The van der Waals surface area contributed by atoms with Gasteiger partial charge in [-0.15, -0.1) is 11.3 Å². The third-order valence-corrected chi connectivity index (χ3v) is 3.15. The molecule has 0 fully saturated rings. The first kappa shape index (κ1) is 8.62. The molecule has 0 aliphatic carbocycles. The molecule has 1 radical (unpaired) electrons. The van der Waals surface area contributed by atoms with Crippen molar-refractivity contribution < 1.29 is 0 Å². The van der Waals surface area contributed by atoms with Gasteiger partial charge in [0.15, 0.2) is 0 Å². The molecule has 2 heteroatoms. The average molecular weight is 210 g/mol. The van der Waals surface area contributed by atoms with Crippen molar-refractivity contribution in [1.82, 2.24) is 4.98 Å². The molecule has 0 N–H and O–H groups in total. The van der Waals surface area contributed by atoms with Gasteiger partial charge in [-0.05, 0) is 17.7 Å². The lowest BCUT2D eigenvalue weighted by molar-refractivity contribution is 1.49. The summed E-state index contributed by atoms with van der Waals surface area (Å²) in [5.41, 5.74) is 5.23. The zero-order valence-electron chi connectivity index (χ0n) is 7.97. The van der Waals surface area contributed by atoms with Gasteiger partial charge < -0.3 is 0 Å². The molecule has 0 aliphatic rings. The number of rotatable bonds is 1. The second-order valence-corrected chi connectivity index (χ2v) is 4.17. The summed E-state index contributed by atoms with van der Waals surface area (Å²) < 4.78 is 1.23. The number of benzene rings is 2. The van der Waals surface area contributed by atoms with E-state index in [4.69, 9.17) is 0 Å². The summed E-state index contributed by atoms with van der Waals surface area (Å²) in [5, 5.41) is 0. The van der Waals surface area contributed by atoms with Crippen LogP contribution in [0.1, 0.15) is 0 Å². The van der Waals surface area contributed by atoms with Gasteiger partial charge in [-0.1, -0.05) is 36.4 Å². The maximum Gasteiger partial charge on any atom is 0.0890 e. The van der Waals surface area contributed by atoms with Crippen LogP contribution < -0.4 is 0 Å². The Labute approximate surface area is 92.0 Å². The van der Waals surface area contributed by atoms with E-state index < -0.39 is 0 Å². The van der Waals surface area contributed by atoms with Crippen LogP contribution in [0.3, 0.4) is 0 Å². The third-order valence-electron chi connectivity index (χ3n) is 2.36. The van der Waals surface area contributed by atoms with Gasteiger partial charge >= 0.3 is 0 Å². The van der Waals surface area contributed by atoms with E-state index in [0.717, 1.165) is 16.6 Å². The SMILES string of the molecule is [c]1ccccc1-c1cccc2scnc12. The number of hydrogen-bond donors (Lipinski definition) is 0. The molecule has 0 unspecified atom stereocenters. The monoisotopic (exact) mass is 210 g/mol. The zero-order valence-corrected chi connectivity index (χ0v) is 8.79. The summed E-state index contributed by atoms with van der Waals surface area (Å²) in [6, 6.07) is 17.5. The minimum Gasteiger partial charge on any atom is -0.244 e. The molecule has 3 rings (SSSR count). The molecule has 1 heterocycles. The molecule has 0 bridgehead atoms. The summed E-state index contributed by atoms with van der Waals surface area (Å²) in [5.74, 6) is 0. The Balaban J connectivity index is 2.31. The van der Waals surface area contributed by atoms with Gasteiger partial charge in [0.25, 0.3) is 0 Å². The predicted molar refractivity (Wildman–Crippen MR) is 63.9 cm³/mol. The Morgan fingerprint density at radius 3 is 2.93 bits per heavy atom. The van der Waals surface area contributed by atoms with Crippen molar-refractivity contribution in [3.63, 3.8) is 0 Å². The van der Waals surface area contributed by atoms with E-state index in [9.17, 15) is 0 Å². The van der Waals surface area contributed by atoms with Crippen LogP contribution in [0.5, 0.6) is 0 Å². The van der Waals surface area contributed by atoms with Crippen LogP contribution in [0.25, 0.3) is 21.3 Å². The molecular weight excluding hydrogens is 202 g/mol. The fraction of sp³-hybridized carbons (Fsp3) is 0. The fourth-order valence-electron chi connectivity index (χ4n) is 1.66. The summed E-state index contributed by atoms with van der Waals surface area (Å²) in [6.07, 6.45) is 0. The van der Waals surface area contributed by atoms with Crippen molar-refractivity contribution in [3.05, 3.63) is 54.0 Å². The Morgan fingerprint density at radius 2 is 2.07 bits per heavy atom. The van der Waals surface area contributed by atoms with E-state index in [1.165, 1.54) is 4.70 Å². The largest absolute Gasteiger partial charge is 0.244 e. The predicted octanol–water partition coefficient (Wildman–Crippen LogP) is 3.76. The molecular formula is C13H8NS. The maximum absolute atomic E-state index is 4.39. The standard InChI is InChI=1S/C13H8NS/c1-2-5-10(6-3-1)11-7-4-8-12-13(11)14-9-15-12/h1-5,7-9H. The first-order chi connectivity index (χ1) is 7.45. The Hall–Kier alpha value is -1.67. The summed E-state index contributed by atoms with van der Waals surface area (Å²) in [4.78, 5) is 4.39. The smallest absolute Gasteiger partial charge is 0.0890 e. The van der Waals surface area contributed by atoms with Crippen LogP contribution >= 0.6 is 11.3 Å². The van der Waals surface area contributed by atoms with Crippen molar-refractivity contribution >= 4 is 21.6 Å². The van der Waals surface area contributed by atoms with E-state index in [2.05, 4.69) is 35.3 Å². The summed E-state index contributed by atoms with van der Waals surface area (Å²) in [6.45, 7) is 0. The molecule has 2 aromatic carbocycles. The normalized spacial score (nSPS) is 10.7. The molecule has 1 nitrogen and oxygen atoms in total. The molecule has 0 saturated heterocycles. The summed E-state index contributed by atoms with van der Waals surface area (Å²) in [7, 11) is 0. The van der Waals surface area contributed by atoms with E-state index in [1.807, 2.05) is 23.7 Å². The second kappa shape index (κ2) is 3.48. The molecule has 0 spiro atoms. The molecule has 0 atom stereocenters.